The molecule has 0 atom stereocenters. The summed E-state index contributed by atoms with van der Waals surface area (Å²) in [5, 5.41) is 3.12. The first-order chi connectivity index (χ1) is 6.50. The molecule has 0 saturated carbocycles. The van der Waals surface area contributed by atoms with E-state index in [0.717, 1.165) is 16.0 Å². The topological polar surface area (TPSA) is 96.1 Å². The number of imide groups is 2. The smallest absolute Gasteiger partial charge is 0.324 e. The van der Waals surface area contributed by atoms with Crippen LogP contribution in [0.2, 0.25) is 0 Å². The van der Waals surface area contributed by atoms with Crippen LogP contribution in [0.1, 0.15) is 0 Å². The van der Waals surface area contributed by atoms with Crippen LogP contribution in [0.3, 0.4) is 0 Å². The lowest BCUT2D eigenvalue weighted by Gasteiger charge is -2.30. The summed E-state index contributed by atoms with van der Waals surface area (Å²) in [7, 11) is 2.59. The molecule has 4 amide bonds. The average Bonchev–Trinajstić information content (AvgIpc) is 2.19. The summed E-state index contributed by atoms with van der Waals surface area (Å²) in [6, 6.07) is -0.651. The minimum absolute atomic E-state index is 0.618. The predicted molar refractivity (Wildman–Crippen MR) is 47.1 cm³/mol. The molecular formula is C7H10N4O3. The number of barbiturate groups is 1. The molecule has 1 aliphatic rings. The van der Waals surface area contributed by atoms with Gasteiger partial charge >= 0.3 is 6.03 Å². The molecule has 76 valence electrons. The number of nitrogens with zero attached hydrogens (tertiary/aromatic N) is 3. The van der Waals surface area contributed by atoms with Crippen molar-refractivity contribution < 1.29 is 14.4 Å². The third-order valence-electron chi connectivity index (χ3n) is 2.00. The number of hydrazone groups is 1. The van der Waals surface area contributed by atoms with Gasteiger partial charge in [0.1, 0.15) is 0 Å². The van der Waals surface area contributed by atoms with Gasteiger partial charge in [0.2, 0.25) is 11.8 Å². The van der Waals surface area contributed by atoms with E-state index in [4.69, 9.17) is 5.84 Å². The third-order valence-corrected chi connectivity index (χ3v) is 2.00. The Labute approximate surface area is 80.1 Å². The molecule has 14 heavy (non-hydrogen) atoms. The highest BCUT2D eigenvalue weighted by Crippen LogP contribution is 2.12. The lowest BCUT2D eigenvalue weighted by molar-refractivity contribution is -0.144. The summed E-state index contributed by atoms with van der Waals surface area (Å²) in [5.41, 5.74) is 0. The molecule has 1 heterocycles. The zero-order valence-corrected chi connectivity index (χ0v) is 7.80. The van der Waals surface area contributed by atoms with Gasteiger partial charge in [0.25, 0.3) is 0 Å². The lowest BCUT2D eigenvalue weighted by atomic mass is 10.1. The van der Waals surface area contributed by atoms with E-state index in [1.807, 2.05) is 0 Å². The van der Waals surface area contributed by atoms with E-state index in [0.29, 0.717) is 0 Å². The maximum absolute atomic E-state index is 11.4. The summed E-state index contributed by atoms with van der Waals surface area (Å²) < 4.78 is 0. The van der Waals surface area contributed by atoms with E-state index in [1.165, 1.54) is 14.1 Å². The Hall–Kier alpha value is -1.92. The van der Waals surface area contributed by atoms with Crippen molar-refractivity contribution in [1.82, 2.24) is 9.80 Å². The Morgan fingerprint density at radius 2 is 1.64 bits per heavy atom. The largest absolute Gasteiger partial charge is 0.332 e. The number of urea groups is 1. The van der Waals surface area contributed by atoms with E-state index in [9.17, 15) is 14.4 Å². The normalized spacial score (nSPS) is 20.0. The summed E-state index contributed by atoms with van der Waals surface area (Å²) >= 11 is 0. The second-order valence-corrected chi connectivity index (χ2v) is 2.85. The standard InChI is InChI=1S/C7H10N4O3/c1-10-5(12)4(3-9-8)6(13)11(2)7(10)14/h3-4H,8H2,1-2H3/b9-3+. The molecule has 1 saturated heterocycles. The zero-order chi connectivity index (χ0) is 10.9. The van der Waals surface area contributed by atoms with E-state index in [1.54, 1.807) is 0 Å². The van der Waals surface area contributed by atoms with E-state index in [2.05, 4.69) is 5.10 Å². The fourth-order valence-electron chi connectivity index (χ4n) is 1.15. The van der Waals surface area contributed by atoms with Crippen molar-refractivity contribution in [3.05, 3.63) is 0 Å². The van der Waals surface area contributed by atoms with Crippen LogP contribution >= 0.6 is 0 Å². The van der Waals surface area contributed by atoms with Gasteiger partial charge in [0, 0.05) is 20.3 Å². The monoisotopic (exact) mass is 198 g/mol. The molecule has 0 aliphatic carbocycles. The van der Waals surface area contributed by atoms with Crippen LogP contribution < -0.4 is 5.84 Å². The molecule has 0 radical (unpaired) electrons. The first kappa shape index (κ1) is 10.2. The second-order valence-electron chi connectivity index (χ2n) is 2.85. The van der Waals surface area contributed by atoms with Crippen LogP contribution in [0.25, 0.3) is 0 Å². The maximum Gasteiger partial charge on any atom is 0.332 e. The zero-order valence-electron chi connectivity index (χ0n) is 7.80. The first-order valence-electron chi connectivity index (χ1n) is 3.83. The fraction of sp³-hybridized carbons (Fsp3) is 0.429. The number of hydrogen-bond acceptors (Lipinski definition) is 5. The molecule has 0 aromatic rings. The molecule has 0 spiro atoms. The number of nitrogens with two attached hydrogens (primary N) is 1. The Balaban J connectivity index is 3.04. The number of carbonyl (C=O) groups excluding carboxylic acids is 3. The lowest BCUT2D eigenvalue weighted by Crippen LogP contribution is -2.57. The SMILES string of the molecule is CN1C(=O)C(/C=N/N)C(=O)N(C)C1=O. The molecule has 1 fully saturated rings. The summed E-state index contributed by atoms with van der Waals surface area (Å²) in [4.78, 5) is 35.7. The number of hydrogen-bond donors (Lipinski definition) is 1. The van der Waals surface area contributed by atoms with E-state index < -0.39 is 23.8 Å². The van der Waals surface area contributed by atoms with Gasteiger partial charge < -0.3 is 5.84 Å². The summed E-state index contributed by atoms with van der Waals surface area (Å²) in [5.74, 6) is 2.53. The van der Waals surface area contributed by atoms with Crippen molar-refractivity contribution in [3.8, 4) is 0 Å². The molecule has 7 nitrogen and oxygen atoms in total. The molecule has 0 bridgehead atoms. The highest BCUT2D eigenvalue weighted by atomic mass is 16.2. The van der Waals surface area contributed by atoms with Crippen molar-refractivity contribution in [2.75, 3.05) is 14.1 Å². The Kier molecular flexibility index (Phi) is 2.50. The van der Waals surface area contributed by atoms with Crippen LogP contribution in [-0.2, 0) is 9.59 Å². The quantitative estimate of drug-likeness (QED) is 0.242. The van der Waals surface area contributed by atoms with Gasteiger partial charge in [0.05, 0.1) is 0 Å². The van der Waals surface area contributed by atoms with Crippen molar-refractivity contribution >= 4 is 24.1 Å². The van der Waals surface area contributed by atoms with Gasteiger partial charge in [-0.05, 0) is 0 Å². The maximum atomic E-state index is 11.4. The molecular weight excluding hydrogens is 188 g/mol. The van der Waals surface area contributed by atoms with Crippen LogP contribution in [-0.4, -0.2) is 48.0 Å². The van der Waals surface area contributed by atoms with Crippen LogP contribution in [0.15, 0.2) is 5.10 Å². The van der Waals surface area contributed by atoms with Crippen molar-refractivity contribution in [3.63, 3.8) is 0 Å². The molecule has 7 heteroatoms. The highest BCUT2D eigenvalue weighted by molar-refractivity contribution is 6.23. The van der Waals surface area contributed by atoms with Crippen LogP contribution in [0, 0.1) is 5.92 Å². The first-order valence-corrected chi connectivity index (χ1v) is 3.83. The van der Waals surface area contributed by atoms with Crippen molar-refractivity contribution in [1.29, 1.82) is 0 Å². The van der Waals surface area contributed by atoms with Gasteiger partial charge in [-0.15, -0.1) is 0 Å². The minimum Gasteiger partial charge on any atom is -0.324 e. The minimum atomic E-state index is -1.09. The van der Waals surface area contributed by atoms with Crippen molar-refractivity contribution in [2.45, 2.75) is 0 Å². The van der Waals surface area contributed by atoms with Crippen LogP contribution in [0.4, 0.5) is 4.79 Å². The number of rotatable bonds is 1. The van der Waals surface area contributed by atoms with Gasteiger partial charge in [-0.1, -0.05) is 0 Å². The number of carbonyl (C=O) groups is 3. The van der Waals surface area contributed by atoms with Crippen molar-refractivity contribution in [2.24, 2.45) is 16.9 Å². The highest BCUT2D eigenvalue weighted by Gasteiger charge is 2.41. The summed E-state index contributed by atoms with van der Waals surface area (Å²) in [6.45, 7) is 0. The predicted octanol–water partition coefficient (Wildman–Crippen LogP) is -1.40. The van der Waals surface area contributed by atoms with Gasteiger partial charge in [0.15, 0.2) is 5.92 Å². The second kappa shape index (κ2) is 3.44. The van der Waals surface area contributed by atoms with E-state index in [-0.39, 0.29) is 0 Å². The Morgan fingerprint density at radius 3 is 2.00 bits per heavy atom. The Morgan fingerprint density at radius 1 is 1.21 bits per heavy atom. The molecule has 0 aromatic carbocycles. The Bertz CT molecular complexity index is 301. The fourth-order valence-corrected chi connectivity index (χ4v) is 1.15. The van der Waals surface area contributed by atoms with Gasteiger partial charge in [-0.25, -0.2) is 4.79 Å². The molecule has 2 N–H and O–H groups in total. The van der Waals surface area contributed by atoms with Gasteiger partial charge in [-0.3, -0.25) is 19.4 Å². The molecule has 0 unspecified atom stereocenters. The third kappa shape index (κ3) is 1.32. The van der Waals surface area contributed by atoms with Crippen LogP contribution in [0.5, 0.6) is 0 Å². The van der Waals surface area contributed by atoms with E-state index >= 15 is 0 Å². The number of amides is 4. The van der Waals surface area contributed by atoms with Gasteiger partial charge in [-0.2, -0.15) is 5.10 Å². The average molecular weight is 198 g/mol. The summed E-state index contributed by atoms with van der Waals surface area (Å²) in [6.07, 6.45) is 1.02. The molecule has 1 rings (SSSR count). The molecule has 0 aromatic heterocycles. The molecule has 1 aliphatic heterocycles.